The maximum atomic E-state index is 13.1. The third-order valence-electron chi connectivity index (χ3n) is 9.50. The van der Waals surface area contributed by atoms with Gasteiger partial charge in [-0.1, -0.05) is 13.8 Å². The van der Waals surface area contributed by atoms with E-state index in [4.69, 9.17) is 0 Å². The van der Waals surface area contributed by atoms with Crippen LogP contribution in [0.1, 0.15) is 65.2 Å². The highest BCUT2D eigenvalue weighted by molar-refractivity contribution is 5.89. The standard InChI is InChI=1S/C25H34FN3O2/c1-24-13-11-19-17(7-9-20-25(19,2)14-12-22(30)28-20)18(24)8-10-21(24)29-23(31)27-16-5-3-15(26)4-6-16/h3-6,17-21H,7-14H2,1-2H3,(H,28,30)(H2,27,29,31)/t17-,18-,19-,20+,21?,24-,25+/m0/s1. The highest BCUT2D eigenvalue weighted by atomic mass is 19.1. The second-order valence-electron chi connectivity index (χ2n) is 10.9. The molecule has 168 valence electrons. The number of hydrogen-bond donors (Lipinski definition) is 3. The summed E-state index contributed by atoms with van der Waals surface area (Å²) in [5.41, 5.74) is 0.930. The van der Waals surface area contributed by atoms with Crippen LogP contribution in [0.4, 0.5) is 14.9 Å². The smallest absolute Gasteiger partial charge is 0.319 e. The van der Waals surface area contributed by atoms with Crippen molar-refractivity contribution in [1.29, 1.82) is 0 Å². The van der Waals surface area contributed by atoms with E-state index in [0.717, 1.165) is 32.1 Å². The van der Waals surface area contributed by atoms with Crippen molar-refractivity contribution >= 4 is 17.6 Å². The van der Waals surface area contributed by atoms with Gasteiger partial charge in [-0.05, 0) is 97.8 Å². The molecule has 1 unspecified atom stereocenters. The van der Waals surface area contributed by atoms with Gasteiger partial charge in [-0.25, -0.2) is 9.18 Å². The summed E-state index contributed by atoms with van der Waals surface area (Å²) < 4.78 is 13.1. The minimum atomic E-state index is -0.310. The minimum absolute atomic E-state index is 0.114. The van der Waals surface area contributed by atoms with Crippen LogP contribution >= 0.6 is 0 Å². The van der Waals surface area contributed by atoms with Gasteiger partial charge in [-0.2, -0.15) is 0 Å². The van der Waals surface area contributed by atoms with Gasteiger partial charge in [0.1, 0.15) is 5.82 Å². The van der Waals surface area contributed by atoms with Crippen LogP contribution in [0.5, 0.6) is 0 Å². The Morgan fingerprint density at radius 1 is 1.00 bits per heavy atom. The molecule has 4 fully saturated rings. The number of amides is 3. The average Bonchev–Trinajstić information content (AvgIpc) is 3.06. The van der Waals surface area contributed by atoms with E-state index in [-0.39, 0.29) is 34.6 Å². The number of fused-ring (bicyclic) bond motifs is 5. The van der Waals surface area contributed by atoms with Gasteiger partial charge >= 0.3 is 6.03 Å². The Bertz CT molecular complexity index is 874. The van der Waals surface area contributed by atoms with Crippen LogP contribution in [0.15, 0.2) is 24.3 Å². The molecule has 0 aromatic heterocycles. The van der Waals surface area contributed by atoms with E-state index in [2.05, 4.69) is 29.8 Å². The lowest BCUT2D eigenvalue weighted by atomic mass is 9.47. The predicted molar refractivity (Wildman–Crippen MR) is 118 cm³/mol. The molecule has 7 atom stereocenters. The topological polar surface area (TPSA) is 70.2 Å². The van der Waals surface area contributed by atoms with Gasteiger partial charge in [0.2, 0.25) is 5.91 Å². The molecule has 6 heteroatoms. The average molecular weight is 428 g/mol. The van der Waals surface area contributed by atoms with Crippen molar-refractivity contribution in [3.8, 4) is 0 Å². The Morgan fingerprint density at radius 3 is 2.52 bits per heavy atom. The molecule has 3 aliphatic carbocycles. The van der Waals surface area contributed by atoms with Crippen LogP contribution in [0, 0.1) is 34.4 Å². The molecule has 31 heavy (non-hydrogen) atoms. The molecular weight excluding hydrogens is 393 g/mol. The number of piperidine rings is 1. The monoisotopic (exact) mass is 427 g/mol. The number of nitrogens with one attached hydrogen (secondary N) is 3. The Balaban J connectivity index is 1.28. The summed E-state index contributed by atoms with van der Waals surface area (Å²) in [6.07, 6.45) is 8.40. The quantitative estimate of drug-likeness (QED) is 0.632. The molecule has 0 radical (unpaired) electrons. The molecule has 1 aromatic carbocycles. The first-order valence-electron chi connectivity index (χ1n) is 11.9. The summed E-state index contributed by atoms with van der Waals surface area (Å²) in [7, 11) is 0. The predicted octanol–water partition coefficient (Wildman–Crippen LogP) is 4.84. The van der Waals surface area contributed by atoms with Crippen molar-refractivity contribution < 1.29 is 14.0 Å². The highest BCUT2D eigenvalue weighted by Crippen LogP contribution is 2.63. The lowest BCUT2D eigenvalue weighted by molar-refractivity contribution is -0.136. The molecular formula is C25H34FN3O2. The zero-order chi connectivity index (χ0) is 21.8. The van der Waals surface area contributed by atoms with E-state index in [0.29, 0.717) is 35.9 Å². The molecule has 1 heterocycles. The van der Waals surface area contributed by atoms with Crippen molar-refractivity contribution in [3.05, 3.63) is 30.1 Å². The number of benzene rings is 1. The lowest BCUT2D eigenvalue weighted by Crippen LogP contribution is -2.61. The molecule has 5 nitrogen and oxygen atoms in total. The summed E-state index contributed by atoms with van der Waals surface area (Å²) in [5.74, 6) is 1.88. The van der Waals surface area contributed by atoms with Gasteiger partial charge < -0.3 is 16.0 Å². The fourth-order valence-electron chi connectivity index (χ4n) is 7.80. The van der Waals surface area contributed by atoms with E-state index in [1.807, 2.05) is 0 Å². The molecule has 1 aromatic rings. The number of carbonyl (C=O) groups excluding carboxylic acids is 2. The summed E-state index contributed by atoms with van der Waals surface area (Å²) in [5, 5.41) is 9.40. The van der Waals surface area contributed by atoms with Crippen LogP contribution in [0.2, 0.25) is 0 Å². The normalized spacial score (nSPS) is 41.4. The van der Waals surface area contributed by atoms with E-state index in [1.165, 1.54) is 25.0 Å². The van der Waals surface area contributed by atoms with E-state index < -0.39 is 0 Å². The SMILES string of the molecule is C[C@]12CCC(=O)N[C@@H]1CC[C@@H]1[C@@H]2CC[C@]2(C)C(NC(=O)Nc3ccc(F)cc3)CC[C@@H]12. The number of rotatable bonds is 2. The minimum Gasteiger partial charge on any atom is -0.353 e. The summed E-state index contributed by atoms with van der Waals surface area (Å²) in [6, 6.07) is 6.17. The van der Waals surface area contributed by atoms with Gasteiger partial charge in [0.15, 0.2) is 0 Å². The Labute approximate surface area is 183 Å². The van der Waals surface area contributed by atoms with E-state index in [1.54, 1.807) is 12.1 Å². The van der Waals surface area contributed by atoms with Crippen LogP contribution in [0.25, 0.3) is 0 Å². The van der Waals surface area contributed by atoms with Gasteiger partial charge in [0, 0.05) is 24.2 Å². The van der Waals surface area contributed by atoms with Gasteiger partial charge in [0.25, 0.3) is 0 Å². The van der Waals surface area contributed by atoms with Gasteiger partial charge in [-0.3, -0.25) is 4.79 Å². The van der Waals surface area contributed by atoms with Gasteiger partial charge in [-0.15, -0.1) is 0 Å². The van der Waals surface area contributed by atoms with Crippen LogP contribution < -0.4 is 16.0 Å². The maximum absolute atomic E-state index is 13.1. The molecule has 4 aliphatic rings. The van der Waals surface area contributed by atoms with E-state index in [9.17, 15) is 14.0 Å². The number of anilines is 1. The summed E-state index contributed by atoms with van der Waals surface area (Å²) in [6.45, 7) is 4.79. The van der Waals surface area contributed by atoms with Crippen molar-refractivity contribution in [2.24, 2.45) is 28.6 Å². The second-order valence-corrected chi connectivity index (χ2v) is 10.9. The Kier molecular flexibility index (Phi) is 5.02. The molecule has 3 N–H and O–H groups in total. The summed E-state index contributed by atoms with van der Waals surface area (Å²) in [4.78, 5) is 24.6. The number of carbonyl (C=O) groups is 2. The second kappa shape index (κ2) is 7.49. The van der Waals surface area contributed by atoms with Crippen LogP contribution in [-0.2, 0) is 4.79 Å². The zero-order valence-corrected chi connectivity index (χ0v) is 18.5. The van der Waals surface area contributed by atoms with Crippen LogP contribution in [0.3, 0.4) is 0 Å². The van der Waals surface area contributed by atoms with Crippen molar-refractivity contribution in [2.45, 2.75) is 77.3 Å². The zero-order valence-electron chi connectivity index (χ0n) is 18.5. The fraction of sp³-hybridized carbons (Fsp3) is 0.680. The van der Waals surface area contributed by atoms with Crippen molar-refractivity contribution in [2.75, 3.05) is 5.32 Å². The van der Waals surface area contributed by atoms with Crippen LogP contribution in [-0.4, -0.2) is 24.0 Å². The maximum Gasteiger partial charge on any atom is 0.319 e. The lowest BCUT2D eigenvalue weighted by Gasteiger charge is -2.60. The third-order valence-corrected chi connectivity index (χ3v) is 9.50. The fourth-order valence-corrected chi connectivity index (χ4v) is 7.80. The molecule has 3 amide bonds. The third kappa shape index (κ3) is 3.42. The Morgan fingerprint density at radius 2 is 1.74 bits per heavy atom. The van der Waals surface area contributed by atoms with Gasteiger partial charge in [0.05, 0.1) is 0 Å². The summed E-state index contributed by atoms with van der Waals surface area (Å²) >= 11 is 0. The molecule has 5 rings (SSSR count). The molecule has 1 aliphatic heterocycles. The molecule has 0 bridgehead atoms. The van der Waals surface area contributed by atoms with Crippen molar-refractivity contribution in [3.63, 3.8) is 0 Å². The first-order valence-corrected chi connectivity index (χ1v) is 11.9. The first kappa shape index (κ1) is 20.8. The first-order chi connectivity index (χ1) is 14.8. The largest absolute Gasteiger partial charge is 0.353 e. The molecule has 1 saturated heterocycles. The number of hydrogen-bond acceptors (Lipinski definition) is 2. The molecule has 0 spiro atoms. The number of halogens is 1. The van der Waals surface area contributed by atoms with Crippen molar-refractivity contribution in [1.82, 2.24) is 10.6 Å². The van der Waals surface area contributed by atoms with E-state index >= 15 is 0 Å². The molecule has 3 saturated carbocycles. The number of urea groups is 1. The highest BCUT2D eigenvalue weighted by Gasteiger charge is 2.60. The Hall–Kier alpha value is -2.11.